The minimum Gasteiger partial charge on any atom is -0.493 e. The molecule has 0 amide bonds. The number of halogens is 1. The fourth-order valence-corrected chi connectivity index (χ4v) is 4.20. The quantitative estimate of drug-likeness (QED) is 0.652. The van der Waals surface area contributed by atoms with E-state index >= 15 is 0 Å². The van der Waals surface area contributed by atoms with E-state index in [0.717, 1.165) is 59.3 Å². The van der Waals surface area contributed by atoms with Gasteiger partial charge in [-0.15, -0.1) is 0 Å². The van der Waals surface area contributed by atoms with Crippen LogP contribution < -0.4 is 14.8 Å². The maximum Gasteiger partial charge on any atom is 0.162 e. The van der Waals surface area contributed by atoms with Crippen LogP contribution in [0.15, 0.2) is 52.8 Å². The number of hydrogen-bond donors (Lipinski definition) is 1. The first kappa shape index (κ1) is 20.9. The van der Waals surface area contributed by atoms with Crippen molar-refractivity contribution in [2.24, 2.45) is 0 Å². The van der Waals surface area contributed by atoms with Crippen molar-refractivity contribution in [3.63, 3.8) is 0 Å². The molecule has 2 aromatic rings. The van der Waals surface area contributed by atoms with E-state index in [1.54, 1.807) is 13.4 Å². The Morgan fingerprint density at radius 2 is 2.07 bits per heavy atom. The molecule has 4 rings (SSSR count). The van der Waals surface area contributed by atoms with Gasteiger partial charge in [0.2, 0.25) is 0 Å². The molecule has 0 fully saturated rings. The lowest BCUT2D eigenvalue weighted by Gasteiger charge is -2.20. The van der Waals surface area contributed by atoms with Crippen molar-refractivity contribution in [3.05, 3.63) is 52.8 Å². The van der Waals surface area contributed by atoms with Crippen molar-refractivity contribution in [2.75, 3.05) is 39.2 Å². The van der Waals surface area contributed by atoms with Crippen LogP contribution in [0.25, 0.3) is 10.9 Å². The molecule has 0 spiro atoms. The van der Waals surface area contributed by atoms with Gasteiger partial charge in [-0.2, -0.15) is 0 Å². The largest absolute Gasteiger partial charge is 0.493 e. The number of ether oxygens (including phenoxy) is 2. The van der Waals surface area contributed by atoms with Gasteiger partial charge in [0.1, 0.15) is 12.1 Å². The first-order chi connectivity index (χ1) is 14.6. The number of fused-ring (bicyclic) bond motifs is 2. The molecule has 1 atom stereocenters. The van der Waals surface area contributed by atoms with E-state index in [4.69, 9.17) is 9.47 Å². The third-order valence-electron chi connectivity index (χ3n) is 5.31. The summed E-state index contributed by atoms with van der Waals surface area (Å²) in [5, 5.41) is 4.47. The van der Waals surface area contributed by atoms with Gasteiger partial charge in [0.05, 0.1) is 25.3 Å². The number of benzene rings is 1. The molecule has 1 aliphatic carbocycles. The van der Waals surface area contributed by atoms with Crippen LogP contribution in [0.5, 0.6) is 11.5 Å². The van der Waals surface area contributed by atoms with E-state index in [-0.39, 0.29) is 6.04 Å². The molecule has 1 aromatic carbocycles. The Morgan fingerprint density at radius 1 is 1.17 bits per heavy atom. The molecule has 0 saturated heterocycles. The number of aromatic nitrogens is 2. The topological polar surface area (TPSA) is 59.5 Å². The Balaban J connectivity index is 1.76. The maximum absolute atomic E-state index is 6.07. The van der Waals surface area contributed by atoms with Gasteiger partial charge in [0.25, 0.3) is 0 Å². The Labute approximate surface area is 185 Å². The Kier molecular flexibility index (Phi) is 6.69. The van der Waals surface area contributed by atoms with Gasteiger partial charge < -0.3 is 19.7 Å². The predicted molar refractivity (Wildman–Crippen MR) is 125 cm³/mol. The Bertz CT molecular complexity index is 1000. The normalized spacial score (nSPS) is 20.7. The van der Waals surface area contributed by atoms with Gasteiger partial charge in [-0.05, 0) is 56.6 Å². The van der Waals surface area contributed by atoms with E-state index in [2.05, 4.69) is 67.5 Å². The summed E-state index contributed by atoms with van der Waals surface area (Å²) in [6, 6.07) is 3.89. The van der Waals surface area contributed by atoms with Gasteiger partial charge in [-0.25, -0.2) is 9.97 Å². The summed E-state index contributed by atoms with van der Waals surface area (Å²) in [5.74, 6) is 2.19. The van der Waals surface area contributed by atoms with Crippen molar-refractivity contribution in [1.82, 2.24) is 14.9 Å². The van der Waals surface area contributed by atoms with E-state index in [1.165, 1.54) is 5.57 Å². The first-order valence-electron chi connectivity index (χ1n) is 10.3. The van der Waals surface area contributed by atoms with Crippen LogP contribution >= 0.6 is 15.9 Å². The second kappa shape index (κ2) is 9.62. The van der Waals surface area contributed by atoms with Gasteiger partial charge in [0, 0.05) is 22.5 Å². The molecular formula is C23H27BrN4O2. The molecule has 2 aliphatic rings. The Morgan fingerprint density at radius 3 is 2.93 bits per heavy atom. The summed E-state index contributed by atoms with van der Waals surface area (Å²) in [4.78, 5) is 11.3. The van der Waals surface area contributed by atoms with Gasteiger partial charge in [-0.1, -0.05) is 28.1 Å². The molecule has 0 radical (unpaired) electrons. The lowest BCUT2D eigenvalue weighted by molar-refractivity contribution is 0.280. The molecule has 4 bridgehead atoms. The molecule has 1 N–H and O–H groups in total. The highest BCUT2D eigenvalue weighted by molar-refractivity contribution is 9.11. The molecule has 7 heteroatoms. The number of nitrogens with one attached hydrogen (secondary N) is 1. The molecule has 1 aromatic heterocycles. The number of hydrogen-bond acceptors (Lipinski definition) is 6. The summed E-state index contributed by atoms with van der Waals surface area (Å²) >= 11 is 3.65. The third kappa shape index (κ3) is 5.02. The summed E-state index contributed by atoms with van der Waals surface area (Å²) in [6.07, 6.45) is 13.5. The van der Waals surface area contributed by atoms with Crippen molar-refractivity contribution in [2.45, 2.75) is 25.3 Å². The SMILES string of the molecule is COc1cc2ncnc3c2cc1OCCCCCN(C)CC1=CC(C=C(Br)C=C1)N3. The number of rotatable bonds is 1. The van der Waals surface area contributed by atoms with Gasteiger partial charge in [-0.3, -0.25) is 0 Å². The molecule has 6 nitrogen and oxygen atoms in total. The highest BCUT2D eigenvalue weighted by Gasteiger charge is 2.15. The number of likely N-dealkylation sites (N-methyl/N-ethyl adjacent to an activating group) is 1. The maximum atomic E-state index is 6.07. The zero-order chi connectivity index (χ0) is 20.9. The summed E-state index contributed by atoms with van der Waals surface area (Å²) < 4.78 is 12.7. The summed E-state index contributed by atoms with van der Waals surface area (Å²) in [7, 11) is 3.83. The molecule has 1 unspecified atom stereocenters. The predicted octanol–water partition coefficient (Wildman–Crippen LogP) is 4.69. The van der Waals surface area contributed by atoms with Crippen molar-refractivity contribution >= 4 is 32.7 Å². The highest BCUT2D eigenvalue weighted by Crippen LogP contribution is 2.34. The highest BCUT2D eigenvalue weighted by atomic mass is 79.9. The minimum absolute atomic E-state index is 0.00440. The van der Waals surface area contributed by atoms with Crippen LogP contribution in [0.1, 0.15) is 19.3 Å². The fourth-order valence-electron chi connectivity index (χ4n) is 3.78. The number of anilines is 1. The number of methoxy groups -OCH3 is 1. The van der Waals surface area contributed by atoms with Crippen LogP contribution in [-0.4, -0.2) is 54.8 Å². The summed E-state index contributed by atoms with van der Waals surface area (Å²) in [6.45, 7) is 2.63. The number of nitrogens with zero attached hydrogens (tertiary/aromatic N) is 3. The van der Waals surface area contributed by atoms with Crippen LogP contribution in [0.4, 0.5) is 5.82 Å². The Hall–Kier alpha value is -2.38. The minimum atomic E-state index is -0.00440. The number of allylic oxidation sites excluding steroid dienone is 2. The standard InChI is InChI=1S/C23H27BrN4O2/c1-28-8-4-3-5-9-30-22-12-19-20(13-21(22)29-2)25-15-26-23(19)27-18-10-16(14-28)6-7-17(24)11-18/h6-7,10-13,15,18H,3-5,8-9,14H2,1-2H3,(H,25,26,27). The van der Waals surface area contributed by atoms with Crippen molar-refractivity contribution in [1.29, 1.82) is 0 Å². The van der Waals surface area contributed by atoms with E-state index < -0.39 is 0 Å². The van der Waals surface area contributed by atoms with Crippen LogP contribution in [0, 0.1) is 0 Å². The fraction of sp³-hybridized carbons (Fsp3) is 0.391. The molecular weight excluding hydrogens is 444 g/mol. The van der Waals surface area contributed by atoms with Crippen molar-refractivity contribution < 1.29 is 9.47 Å². The zero-order valence-corrected chi connectivity index (χ0v) is 19.0. The lowest BCUT2D eigenvalue weighted by atomic mass is 10.1. The molecule has 30 heavy (non-hydrogen) atoms. The molecule has 158 valence electrons. The van der Waals surface area contributed by atoms with E-state index in [0.29, 0.717) is 12.4 Å². The van der Waals surface area contributed by atoms with Crippen LogP contribution in [0.3, 0.4) is 0 Å². The summed E-state index contributed by atoms with van der Waals surface area (Å²) in [5.41, 5.74) is 2.09. The van der Waals surface area contributed by atoms with Crippen LogP contribution in [0.2, 0.25) is 0 Å². The average Bonchev–Trinajstić information content (AvgIpc) is 2.90. The monoisotopic (exact) mass is 470 g/mol. The third-order valence-corrected chi connectivity index (χ3v) is 5.84. The molecule has 2 heterocycles. The van der Waals surface area contributed by atoms with E-state index in [9.17, 15) is 0 Å². The van der Waals surface area contributed by atoms with Crippen molar-refractivity contribution in [3.8, 4) is 11.5 Å². The van der Waals surface area contributed by atoms with Gasteiger partial charge in [0.15, 0.2) is 11.5 Å². The smallest absolute Gasteiger partial charge is 0.162 e. The average molecular weight is 471 g/mol. The van der Waals surface area contributed by atoms with Gasteiger partial charge >= 0.3 is 0 Å². The second-order valence-corrected chi connectivity index (χ2v) is 8.60. The lowest BCUT2D eigenvalue weighted by Crippen LogP contribution is -2.23. The van der Waals surface area contributed by atoms with E-state index in [1.807, 2.05) is 12.1 Å². The van der Waals surface area contributed by atoms with Crippen LogP contribution in [-0.2, 0) is 0 Å². The molecule has 1 aliphatic heterocycles. The first-order valence-corrected chi connectivity index (χ1v) is 11.1. The second-order valence-electron chi connectivity index (χ2n) is 7.69. The zero-order valence-electron chi connectivity index (χ0n) is 17.4. The molecule has 0 saturated carbocycles.